The molecule has 152 valence electrons. The Bertz CT molecular complexity index is 1120. The molecular formula is C18H17FN4O3S3. The highest BCUT2D eigenvalue weighted by Gasteiger charge is 2.33. The predicted molar refractivity (Wildman–Crippen MR) is 109 cm³/mol. The molecule has 7 nitrogen and oxygen atoms in total. The Morgan fingerprint density at radius 1 is 1.24 bits per heavy atom. The van der Waals surface area contributed by atoms with Gasteiger partial charge in [-0.2, -0.15) is 4.31 Å². The Hall–Kier alpha value is -2.21. The summed E-state index contributed by atoms with van der Waals surface area (Å²) in [4.78, 5) is 12.4. The van der Waals surface area contributed by atoms with E-state index in [9.17, 15) is 17.6 Å². The van der Waals surface area contributed by atoms with E-state index in [0.29, 0.717) is 34.4 Å². The van der Waals surface area contributed by atoms with Crippen molar-refractivity contribution in [2.45, 2.75) is 23.0 Å². The van der Waals surface area contributed by atoms with E-state index in [1.807, 2.05) is 0 Å². The largest absolute Gasteiger partial charge is 0.320 e. The molecule has 1 saturated heterocycles. The van der Waals surface area contributed by atoms with Crippen LogP contribution in [0.2, 0.25) is 0 Å². The first-order valence-electron chi connectivity index (χ1n) is 8.87. The first kappa shape index (κ1) is 20.1. The quantitative estimate of drug-likeness (QED) is 0.639. The second kappa shape index (κ2) is 8.27. The zero-order valence-electron chi connectivity index (χ0n) is 15.1. The van der Waals surface area contributed by atoms with Gasteiger partial charge < -0.3 is 5.32 Å². The standard InChI is InChI=1S/C18H17FN4O3S3/c19-13-5-1-6-14(10-13)20-16(24)18-22-21-17(28-18)12-4-2-8-23(11-12)29(25,26)15-7-3-9-27-15/h1,3,5-7,9-10,12H,2,4,8,11H2,(H,20,24)/t12-/m1/s1. The lowest BCUT2D eigenvalue weighted by Gasteiger charge is -2.30. The number of benzene rings is 1. The Balaban J connectivity index is 1.47. The molecule has 1 fully saturated rings. The average Bonchev–Trinajstić information content (AvgIpc) is 3.41. The fourth-order valence-corrected chi connectivity index (χ4v) is 6.67. The summed E-state index contributed by atoms with van der Waals surface area (Å²) in [6.07, 6.45) is 1.48. The fourth-order valence-electron chi connectivity index (χ4n) is 3.14. The van der Waals surface area contributed by atoms with Crippen molar-refractivity contribution in [1.29, 1.82) is 0 Å². The summed E-state index contributed by atoms with van der Waals surface area (Å²) >= 11 is 2.33. The molecule has 1 aliphatic rings. The van der Waals surface area contributed by atoms with Crippen LogP contribution in [0.15, 0.2) is 46.0 Å². The van der Waals surface area contributed by atoms with Gasteiger partial charge in [-0.1, -0.05) is 23.5 Å². The summed E-state index contributed by atoms with van der Waals surface area (Å²) in [5.74, 6) is -1.04. The molecule has 2 aromatic heterocycles. The molecule has 0 spiro atoms. The zero-order chi connectivity index (χ0) is 20.4. The van der Waals surface area contributed by atoms with Crippen LogP contribution in [0, 0.1) is 5.82 Å². The molecule has 0 radical (unpaired) electrons. The van der Waals surface area contributed by atoms with E-state index in [4.69, 9.17) is 0 Å². The summed E-state index contributed by atoms with van der Waals surface area (Å²) in [6.45, 7) is 0.767. The maximum absolute atomic E-state index is 13.3. The topological polar surface area (TPSA) is 92.3 Å². The van der Waals surface area contributed by atoms with Crippen molar-refractivity contribution < 1.29 is 17.6 Å². The third-order valence-corrected chi connectivity index (χ3v) is 8.86. The molecule has 0 saturated carbocycles. The van der Waals surface area contributed by atoms with Gasteiger partial charge in [0.05, 0.1) is 0 Å². The molecule has 11 heteroatoms. The number of nitrogens with zero attached hydrogens (tertiary/aromatic N) is 3. The predicted octanol–water partition coefficient (Wildman–Crippen LogP) is 3.56. The van der Waals surface area contributed by atoms with Gasteiger partial charge >= 0.3 is 0 Å². The lowest BCUT2D eigenvalue weighted by Crippen LogP contribution is -2.38. The summed E-state index contributed by atoms with van der Waals surface area (Å²) < 4.78 is 40.6. The van der Waals surface area contributed by atoms with E-state index in [1.54, 1.807) is 23.6 Å². The van der Waals surface area contributed by atoms with Crippen LogP contribution in [0.3, 0.4) is 0 Å². The zero-order valence-corrected chi connectivity index (χ0v) is 17.6. The Morgan fingerprint density at radius 2 is 2.10 bits per heavy atom. The van der Waals surface area contributed by atoms with Crippen LogP contribution in [0.5, 0.6) is 0 Å². The van der Waals surface area contributed by atoms with Crippen molar-refractivity contribution in [3.63, 3.8) is 0 Å². The van der Waals surface area contributed by atoms with Crippen molar-refractivity contribution in [1.82, 2.24) is 14.5 Å². The fraction of sp³-hybridized carbons (Fsp3) is 0.278. The molecule has 3 heterocycles. The number of thiophene rings is 1. The molecule has 1 aromatic carbocycles. The SMILES string of the molecule is O=C(Nc1cccc(F)c1)c1nnc([C@@H]2CCCN(S(=O)(=O)c3cccs3)C2)s1. The molecule has 0 bridgehead atoms. The number of hydrogen-bond acceptors (Lipinski definition) is 7. The molecule has 3 aromatic rings. The Labute approximate surface area is 175 Å². The smallest absolute Gasteiger partial charge is 0.286 e. The number of hydrogen-bond donors (Lipinski definition) is 1. The number of nitrogens with one attached hydrogen (secondary N) is 1. The Kier molecular flexibility index (Phi) is 5.72. The van der Waals surface area contributed by atoms with Gasteiger partial charge in [-0.05, 0) is 42.5 Å². The van der Waals surface area contributed by atoms with Gasteiger partial charge in [0.25, 0.3) is 15.9 Å². The molecule has 1 N–H and O–H groups in total. The van der Waals surface area contributed by atoms with E-state index in [-0.39, 0.29) is 10.9 Å². The normalized spacial score (nSPS) is 17.9. The van der Waals surface area contributed by atoms with Crippen molar-refractivity contribution in [2.75, 3.05) is 18.4 Å². The van der Waals surface area contributed by atoms with Gasteiger partial charge in [0.1, 0.15) is 15.0 Å². The highest BCUT2D eigenvalue weighted by atomic mass is 32.2. The van der Waals surface area contributed by atoms with E-state index in [2.05, 4.69) is 15.5 Å². The summed E-state index contributed by atoms with van der Waals surface area (Å²) in [5, 5.41) is 13.2. The number of aromatic nitrogens is 2. The van der Waals surface area contributed by atoms with Gasteiger partial charge in [-0.25, -0.2) is 12.8 Å². The monoisotopic (exact) mass is 452 g/mol. The van der Waals surface area contributed by atoms with E-state index in [0.717, 1.165) is 17.8 Å². The number of amides is 1. The molecule has 29 heavy (non-hydrogen) atoms. The van der Waals surface area contributed by atoms with Gasteiger partial charge in [-0.15, -0.1) is 21.5 Å². The molecule has 4 rings (SSSR count). The number of anilines is 1. The average molecular weight is 453 g/mol. The van der Waals surface area contributed by atoms with Crippen LogP contribution in [0.25, 0.3) is 0 Å². The molecule has 0 unspecified atom stereocenters. The summed E-state index contributed by atoms with van der Waals surface area (Å²) in [6, 6.07) is 8.90. The summed E-state index contributed by atoms with van der Waals surface area (Å²) in [5.41, 5.74) is 0.331. The van der Waals surface area contributed by atoms with Crippen LogP contribution in [-0.4, -0.2) is 41.9 Å². The molecule has 1 atom stereocenters. The second-order valence-electron chi connectivity index (χ2n) is 6.54. The van der Waals surface area contributed by atoms with Gasteiger partial charge in [0.2, 0.25) is 5.01 Å². The number of piperidine rings is 1. The minimum absolute atomic E-state index is 0.119. The molecular weight excluding hydrogens is 435 g/mol. The maximum atomic E-state index is 13.3. The maximum Gasteiger partial charge on any atom is 0.286 e. The molecule has 1 amide bonds. The van der Waals surface area contributed by atoms with E-state index in [1.165, 1.54) is 33.8 Å². The number of rotatable bonds is 5. The van der Waals surface area contributed by atoms with Gasteiger partial charge in [-0.3, -0.25) is 4.79 Å². The minimum atomic E-state index is -3.52. The van der Waals surface area contributed by atoms with Crippen LogP contribution in [0.4, 0.5) is 10.1 Å². The second-order valence-corrected chi connectivity index (χ2v) is 10.7. The van der Waals surface area contributed by atoms with E-state index >= 15 is 0 Å². The van der Waals surface area contributed by atoms with Crippen molar-refractivity contribution in [3.05, 3.63) is 57.6 Å². The lowest BCUT2D eigenvalue weighted by atomic mass is 10.0. The van der Waals surface area contributed by atoms with Crippen LogP contribution >= 0.6 is 22.7 Å². The van der Waals surface area contributed by atoms with Crippen LogP contribution in [-0.2, 0) is 10.0 Å². The molecule has 0 aliphatic carbocycles. The number of halogens is 1. The first-order valence-corrected chi connectivity index (χ1v) is 12.0. The lowest BCUT2D eigenvalue weighted by molar-refractivity contribution is 0.102. The Morgan fingerprint density at radius 3 is 2.86 bits per heavy atom. The van der Waals surface area contributed by atoms with Crippen LogP contribution < -0.4 is 5.32 Å². The van der Waals surface area contributed by atoms with Crippen molar-refractivity contribution in [2.24, 2.45) is 0 Å². The number of sulfonamides is 1. The highest BCUT2D eigenvalue weighted by Crippen LogP contribution is 2.33. The van der Waals surface area contributed by atoms with Crippen molar-refractivity contribution in [3.8, 4) is 0 Å². The summed E-state index contributed by atoms with van der Waals surface area (Å²) in [7, 11) is -3.52. The minimum Gasteiger partial charge on any atom is -0.320 e. The van der Waals surface area contributed by atoms with Crippen molar-refractivity contribution >= 4 is 44.3 Å². The highest BCUT2D eigenvalue weighted by molar-refractivity contribution is 7.91. The number of carbonyl (C=O) groups is 1. The van der Waals surface area contributed by atoms with Gasteiger partial charge in [0.15, 0.2) is 0 Å². The molecule has 1 aliphatic heterocycles. The first-order chi connectivity index (χ1) is 13.9. The van der Waals surface area contributed by atoms with Gasteiger partial charge in [0, 0.05) is 24.7 Å². The van der Waals surface area contributed by atoms with Crippen LogP contribution in [0.1, 0.15) is 33.6 Å². The number of carbonyl (C=O) groups excluding carboxylic acids is 1. The third kappa shape index (κ3) is 4.37. The van der Waals surface area contributed by atoms with E-state index < -0.39 is 21.7 Å². The third-order valence-electron chi connectivity index (χ3n) is 4.54.